The van der Waals surface area contributed by atoms with Gasteiger partial charge in [-0.3, -0.25) is 14.3 Å². The van der Waals surface area contributed by atoms with Gasteiger partial charge in [0, 0.05) is 24.8 Å². The number of ether oxygens (including phenoxy) is 1. The van der Waals surface area contributed by atoms with E-state index in [4.69, 9.17) is 21.4 Å². The fraction of sp³-hybridized carbons (Fsp3) is 0.381. The summed E-state index contributed by atoms with van der Waals surface area (Å²) in [4.78, 5) is 26.4. The van der Waals surface area contributed by atoms with Crippen molar-refractivity contribution in [3.63, 3.8) is 0 Å². The predicted molar refractivity (Wildman–Crippen MR) is 115 cm³/mol. The van der Waals surface area contributed by atoms with E-state index in [9.17, 15) is 27.9 Å². The lowest BCUT2D eigenvalue weighted by molar-refractivity contribution is -0.145. The summed E-state index contributed by atoms with van der Waals surface area (Å²) in [7, 11) is 0. The highest BCUT2D eigenvalue weighted by Crippen LogP contribution is 2.29. The SMILES string of the molecule is O=C(Nc1ccn(C[C@@H](O)CO)n1)C(CCC(F)(F)F)N1CC(Oc2ccccc2Cl)=CC1=O. The number of aliphatic hydroxyl groups is 2. The van der Waals surface area contributed by atoms with E-state index < -0.39 is 49.6 Å². The highest BCUT2D eigenvalue weighted by Gasteiger charge is 2.38. The van der Waals surface area contributed by atoms with Gasteiger partial charge in [0.2, 0.25) is 5.91 Å². The molecule has 2 aromatic rings. The molecule has 1 unspecified atom stereocenters. The first kappa shape index (κ1) is 25.5. The van der Waals surface area contributed by atoms with Crippen molar-refractivity contribution in [3.8, 4) is 5.75 Å². The number of amides is 2. The summed E-state index contributed by atoms with van der Waals surface area (Å²) < 4.78 is 45.6. The molecule has 2 atom stereocenters. The number of aliphatic hydroxyl groups excluding tert-OH is 2. The van der Waals surface area contributed by atoms with Crippen LogP contribution in [0.3, 0.4) is 0 Å². The van der Waals surface area contributed by atoms with Gasteiger partial charge in [0.25, 0.3) is 5.91 Å². The number of nitrogens with zero attached hydrogens (tertiary/aromatic N) is 3. The molecule has 0 saturated carbocycles. The molecule has 1 aliphatic heterocycles. The van der Waals surface area contributed by atoms with E-state index >= 15 is 0 Å². The zero-order chi connectivity index (χ0) is 24.9. The molecule has 2 amide bonds. The van der Waals surface area contributed by atoms with Gasteiger partial charge in [-0.25, -0.2) is 0 Å². The maximum Gasteiger partial charge on any atom is 0.389 e. The molecule has 0 spiro atoms. The quantitative estimate of drug-likeness (QED) is 0.459. The molecule has 3 N–H and O–H groups in total. The number of halogens is 4. The number of alkyl halides is 3. The fourth-order valence-corrected chi connectivity index (χ4v) is 3.42. The number of hydrogen-bond donors (Lipinski definition) is 3. The number of para-hydroxylation sites is 1. The number of carbonyl (C=O) groups is 2. The lowest BCUT2D eigenvalue weighted by atomic mass is 10.1. The van der Waals surface area contributed by atoms with Gasteiger partial charge in [-0.2, -0.15) is 18.3 Å². The lowest BCUT2D eigenvalue weighted by Gasteiger charge is -2.27. The molecule has 0 saturated heterocycles. The molecule has 0 fully saturated rings. The van der Waals surface area contributed by atoms with E-state index in [1.807, 2.05) is 0 Å². The van der Waals surface area contributed by atoms with Crippen LogP contribution in [0.15, 0.2) is 48.4 Å². The maximum atomic E-state index is 12.9. The van der Waals surface area contributed by atoms with Gasteiger partial charge < -0.3 is 25.2 Å². The lowest BCUT2D eigenvalue weighted by Crippen LogP contribution is -2.46. The van der Waals surface area contributed by atoms with Crippen LogP contribution in [0.4, 0.5) is 19.0 Å². The first-order valence-corrected chi connectivity index (χ1v) is 10.6. The Morgan fingerprint density at radius 3 is 2.71 bits per heavy atom. The first-order chi connectivity index (χ1) is 16.1. The summed E-state index contributed by atoms with van der Waals surface area (Å²) in [5, 5.41) is 25.1. The molecular weight excluding hydrogens is 481 g/mol. The van der Waals surface area contributed by atoms with Crippen LogP contribution >= 0.6 is 11.6 Å². The maximum absolute atomic E-state index is 12.9. The zero-order valence-corrected chi connectivity index (χ0v) is 18.5. The fourth-order valence-electron chi connectivity index (χ4n) is 3.25. The van der Waals surface area contributed by atoms with Crippen LogP contribution in [0.5, 0.6) is 5.75 Å². The molecule has 0 radical (unpaired) electrons. The van der Waals surface area contributed by atoms with Crippen molar-refractivity contribution in [2.75, 3.05) is 18.5 Å². The second kappa shape index (κ2) is 10.9. The van der Waals surface area contributed by atoms with Gasteiger partial charge in [-0.15, -0.1) is 0 Å². The molecule has 184 valence electrons. The van der Waals surface area contributed by atoms with Gasteiger partial charge >= 0.3 is 6.18 Å². The van der Waals surface area contributed by atoms with Crippen LogP contribution < -0.4 is 10.1 Å². The van der Waals surface area contributed by atoms with E-state index in [0.29, 0.717) is 0 Å². The van der Waals surface area contributed by atoms with Crippen LogP contribution in [-0.4, -0.2) is 68.2 Å². The molecule has 1 aromatic carbocycles. The number of benzene rings is 1. The highest BCUT2D eigenvalue weighted by molar-refractivity contribution is 6.32. The summed E-state index contributed by atoms with van der Waals surface area (Å²) in [6, 6.07) is 6.40. The zero-order valence-electron chi connectivity index (χ0n) is 17.7. The Morgan fingerprint density at radius 1 is 1.29 bits per heavy atom. The number of nitrogens with one attached hydrogen (secondary N) is 1. The first-order valence-electron chi connectivity index (χ1n) is 10.2. The summed E-state index contributed by atoms with van der Waals surface area (Å²) in [5.41, 5.74) is 0. The number of carbonyl (C=O) groups excluding carboxylic acids is 2. The number of aromatic nitrogens is 2. The summed E-state index contributed by atoms with van der Waals surface area (Å²) in [5.74, 6) is -1.14. The van der Waals surface area contributed by atoms with E-state index in [0.717, 1.165) is 11.0 Å². The number of rotatable bonds is 10. The van der Waals surface area contributed by atoms with Crippen LogP contribution in [0.2, 0.25) is 5.02 Å². The Balaban J connectivity index is 1.72. The van der Waals surface area contributed by atoms with Crippen molar-refractivity contribution in [3.05, 3.63) is 53.4 Å². The summed E-state index contributed by atoms with van der Waals surface area (Å²) in [6.07, 6.45) is -5.05. The Bertz CT molecular complexity index is 1060. The normalized spacial score (nSPS) is 15.8. The third-order valence-corrected chi connectivity index (χ3v) is 5.16. The Labute approximate surface area is 197 Å². The van der Waals surface area contributed by atoms with Crippen LogP contribution in [0, 0.1) is 0 Å². The Kier molecular flexibility index (Phi) is 8.18. The van der Waals surface area contributed by atoms with Crippen LogP contribution in [-0.2, 0) is 16.1 Å². The van der Waals surface area contributed by atoms with E-state index in [1.54, 1.807) is 24.3 Å². The second-order valence-corrected chi connectivity index (χ2v) is 7.93. The largest absolute Gasteiger partial charge is 0.458 e. The van der Waals surface area contributed by atoms with Gasteiger partial charge in [0.1, 0.15) is 17.6 Å². The summed E-state index contributed by atoms with van der Waals surface area (Å²) in [6.45, 7) is -0.776. The molecule has 0 aliphatic carbocycles. The number of anilines is 1. The smallest absolute Gasteiger partial charge is 0.389 e. The van der Waals surface area contributed by atoms with Crippen LogP contribution in [0.25, 0.3) is 0 Å². The van der Waals surface area contributed by atoms with Crippen molar-refractivity contribution in [2.24, 2.45) is 0 Å². The molecule has 2 heterocycles. The van der Waals surface area contributed by atoms with Gasteiger partial charge in [0.05, 0.1) is 30.8 Å². The van der Waals surface area contributed by atoms with E-state index in [2.05, 4.69) is 10.4 Å². The van der Waals surface area contributed by atoms with Gasteiger partial charge in [0.15, 0.2) is 5.82 Å². The van der Waals surface area contributed by atoms with Gasteiger partial charge in [-0.1, -0.05) is 23.7 Å². The average molecular weight is 503 g/mol. The van der Waals surface area contributed by atoms with E-state index in [1.165, 1.54) is 16.9 Å². The molecular formula is C21H22ClF3N4O5. The van der Waals surface area contributed by atoms with Crippen molar-refractivity contribution < 1.29 is 37.7 Å². The molecule has 9 nitrogen and oxygen atoms in total. The average Bonchev–Trinajstić information content (AvgIpc) is 3.35. The molecule has 0 bridgehead atoms. The minimum atomic E-state index is -4.53. The molecule has 1 aromatic heterocycles. The Morgan fingerprint density at radius 2 is 2.03 bits per heavy atom. The second-order valence-electron chi connectivity index (χ2n) is 7.53. The topological polar surface area (TPSA) is 117 Å². The Hall–Kier alpha value is -3.09. The molecule has 1 aliphatic rings. The van der Waals surface area contributed by atoms with Crippen molar-refractivity contribution >= 4 is 29.2 Å². The summed E-state index contributed by atoms with van der Waals surface area (Å²) >= 11 is 6.04. The molecule has 34 heavy (non-hydrogen) atoms. The van der Waals surface area contributed by atoms with Crippen molar-refractivity contribution in [1.29, 1.82) is 0 Å². The van der Waals surface area contributed by atoms with E-state index in [-0.39, 0.29) is 35.4 Å². The molecule has 13 heteroatoms. The predicted octanol–water partition coefficient (Wildman–Crippen LogP) is 2.34. The number of hydrogen-bond acceptors (Lipinski definition) is 6. The van der Waals surface area contributed by atoms with Crippen molar-refractivity contribution in [1.82, 2.24) is 14.7 Å². The third kappa shape index (κ3) is 6.95. The minimum absolute atomic E-state index is 0.0132. The molecule has 3 rings (SSSR count). The van der Waals surface area contributed by atoms with Crippen LogP contribution in [0.1, 0.15) is 12.8 Å². The third-order valence-electron chi connectivity index (χ3n) is 4.85. The minimum Gasteiger partial charge on any atom is -0.458 e. The highest BCUT2D eigenvalue weighted by atomic mass is 35.5. The van der Waals surface area contributed by atoms with Crippen molar-refractivity contribution in [2.45, 2.75) is 37.7 Å². The van der Waals surface area contributed by atoms with Gasteiger partial charge in [-0.05, 0) is 18.6 Å². The standard InChI is InChI=1S/C21H22ClF3N4O5/c22-15-3-1-2-4-17(15)34-14-9-19(32)29(11-14)16(5-7-21(23,24)25)20(33)26-18-6-8-28(27-18)10-13(31)12-30/h1-4,6,8-9,13,16,30-31H,5,7,10-12H2,(H,26,27,33)/t13-,16?/m1/s1. The monoisotopic (exact) mass is 502 g/mol.